The summed E-state index contributed by atoms with van der Waals surface area (Å²) in [5, 5.41) is 4.58. The van der Waals surface area contributed by atoms with Crippen LogP contribution in [0.2, 0.25) is 5.02 Å². The molecule has 17 heavy (non-hydrogen) atoms. The third-order valence-corrected chi connectivity index (χ3v) is 3.64. The number of anilines is 1. The second kappa shape index (κ2) is 6.22. The largest absolute Gasteiger partial charge is 0.349 e. The highest BCUT2D eigenvalue weighted by Crippen LogP contribution is 2.23. The molecule has 1 N–H and O–H groups in total. The highest BCUT2D eigenvalue weighted by atomic mass is 35.5. The summed E-state index contributed by atoms with van der Waals surface area (Å²) < 4.78 is 0. The molecule has 0 saturated heterocycles. The van der Waals surface area contributed by atoms with Gasteiger partial charge in [-0.15, -0.1) is 0 Å². The van der Waals surface area contributed by atoms with Crippen molar-refractivity contribution in [3.8, 4) is 0 Å². The molecule has 4 heteroatoms. The van der Waals surface area contributed by atoms with Crippen LogP contribution in [0.4, 0.5) is 5.69 Å². The summed E-state index contributed by atoms with van der Waals surface area (Å²) in [5.74, 6) is 0. The summed E-state index contributed by atoms with van der Waals surface area (Å²) in [6, 6.07) is 6.31. The highest BCUT2D eigenvalue weighted by Gasteiger charge is 2.11. The molecule has 1 rings (SSSR count). The number of benzene rings is 1. The fourth-order valence-electron chi connectivity index (χ4n) is 1.40. The summed E-state index contributed by atoms with van der Waals surface area (Å²) in [6.07, 6.45) is 1.06. The molecule has 1 aromatic carbocycles. The minimum Gasteiger partial charge on any atom is -0.349 e. The molecule has 2 nitrogen and oxygen atoms in total. The Labute approximate surface area is 114 Å². The van der Waals surface area contributed by atoms with Crippen LogP contribution in [0.25, 0.3) is 0 Å². The third-order valence-electron chi connectivity index (χ3n) is 2.94. The zero-order valence-electron chi connectivity index (χ0n) is 10.7. The molecule has 0 aliphatic rings. The molecular formula is C13H19ClN2S. The van der Waals surface area contributed by atoms with Gasteiger partial charge >= 0.3 is 0 Å². The van der Waals surface area contributed by atoms with E-state index < -0.39 is 0 Å². The minimum atomic E-state index is 0.416. The van der Waals surface area contributed by atoms with E-state index >= 15 is 0 Å². The van der Waals surface area contributed by atoms with Crippen molar-refractivity contribution >= 4 is 34.6 Å². The van der Waals surface area contributed by atoms with E-state index in [0.29, 0.717) is 16.2 Å². The van der Waals surface area contributed by atoms with Crippen molar-refractivity contribution in [1.29, 1.82) is 0 Å². The van der Waals surface area contributed by atoms with Gasteiger partial charge in [-0.1, -0.05) is 24.6 Å². The third kappa shape index (κ3) is 3.86. The van der Waals surface area contributed by atoms with Crippen molar-refractivity contribution in [3.05, 3.63) is 28.8 Å². The zero-order valence-corrected chi connectivity index (χ0v) is 12.3. The molecule has 0 aliphatic carbocycles. The van der Waals surface area contributed by atoms with Crippen LogP contribution >= 0.6 is 23.8 Å². The first-order valence-electron chi connectivity index (χ1n) is 5.75. The maximum atomic E-state index is 6.15. The van der Waals surface area contributed by atoms with E-state index in [2.05, 4.69) is 19.2 Å². The zero-order chi connectivity index (χ0) is 13.0. The van der Waals surface area contributed by atoms with E-state index in [9.17, 15) is 0 Å². The molecule has 1 aromatic rings. The highest BCUT2D eigenvalue weighted by molar-refractivity contribution is 7.80. The number of thiocarbonyl (C=S) groups is 1. The molecule has 0 amide bonds. The first-order chi connectivity index (χ1) is 7.95. The van der Waals surface area contributed by atoms with Gasteiger partial charge in [-0.3, -0.25) is 0 Å². The Hall–Kier alpha value is -0.800. The second-order valence-electron chi connectivity index (χ2n) is 4.28. The minimum absolute atomic E-state index is 0.416. The lowest BCUT2D eigenvalue weighted by Gasteiger charge is -2.27. The molecule has 0 bridgehead atoms. The van der Waals surface area contributed by atoms with Crippen LogP contribution in [0, 0.1) is 6.92 Å². The first kappa shape index (κ1) is 14.3. The van der Waals surface area contributed by atoms with Crippen LogP contribution < -0.4 is 5.32 Å². The van der Waals surface area contributed by atoms with Gasteiger partial charge in [0.2, 0.25) is 0 Å². The number of nitrogens with one attached hydrogen (secondary N) is 1. The average Bonchev–Trinajstić information content (AvgIpc) is 2.30. The SMILES string of the molecule is CCC(C)N(C)C(=S)Nc1ccc(C)cc1Cl. The Morgan fingerprint density at radius 2 is 2.18 bits per heavy atom. The van der Waals surface area contributed by atoms with Crippen LogP contribution in [-0.4, -0.2) is 23.1 Å². The molecule has 0 saturated carbocycles. The van der Waals surface area contributed by atoms with Gasteiger partial charge in [0.25, 0.3) is 0 Å². The van der Waals surface area contributed by atoms with Crippen LogP contribution in [-0.2, 0) is 0 Å². The molecular weight excluding hydrogens is 252 g/mol. The summed E-state index contributed by atoms with van der Waals surface area (Å²) in [5.41, 5.74) is 2.00. The number of aryl methyl sites for hydroxylation is 1. The van der Waals surface area contributed by atoms with Crippen LogP contribution in [0.1, 0.15) is 25.8 Å². The van der Waals surface area contributed by atoms with Crippen molar-refractivity contribution in [2.45, 2.75) is 33.2 Å². The van der Waals surface area contributed by atoms with Gasteiger partial charge in [-0.25, -0.2) is 0 Å². The number of halogens is 1. The van der Waals surface area contributed by atoms with Gasteiger partial charge < -0.3 is 10.2 Å². The predicted octanol–water partition coefficient (Wildman–Crippen LogP) is 4.08. The van der Waals surface area contributed by atoms with E-state index in [-0.39, 0.29) is 0 Å². The summed E-state index contributed by atoms with van der Waals surface area (Å²) in [7, 11) is 1.99. The lowest BCUT2D eigenvalue weighted by atomic mass is 10.2. The Morgan fingerprint density at radius 3 is 2.71 bits per heavy atom. The number of nitrogens with zero attached hydrogens (tertiary/aromatic N) is 1. The van der Waals surface area contributed by atoms with E-state index in [1.54, 1.807) is 0 Å². The lowest BCUT2D eigenvalue weighted by molar-refractivity contribution is 0.386. The van der Waals surface area contributed by atoms with Crippen molar-refractivity contribution in [2.75, 3.05) is 12.4 Å². The van der Waals surface area contributed by atoms with Gasteiger partial charge in [-0.2, -0.15) is 0 Å². The van der Waals surface area contributed by atoms with Crippen molar-refractivity contribution in [2.24, 2.45) is 0 Å². The normalized spacial score (nSPS) is 12.1. The van der Waals surface area contributed by atoms with E-state index in [0.717, 1.165) is 17.7 Å². The first-order valence-corrected chi connectivity index (χ1v) is 6.54. The van der Waals surface area contributed by atoms with Crippen molar-refractivity contribution in [1.82, 2.24) is 4.90 Å². The van der Waals surface area contributed by atoms with Crippen LogP contribution in [0.15, 0.2) is 18.2 Å². The summed E-state index contributed by atoms with van der Waals surface area (Å²) in [6.45, 7) is 6.30. The van der Waals surface area contributed by atoms with Crippen LogP contribution in [0.5, 0.6) is 0 Å². The molecule has 0 fully saturated rings. The van der Waals surface area contributed by atoms with Gasteiger partial charge in [-0.05, 0) is 50.2 Å². The predicted molar refractivity (Wildman–Crippen MR) is 79.9 cm³/mol. The molecule has 0 spiro atoms. The van der Waals surface area contributed by atoms with Gasteiger partial charge in [0.05, 0.1) is 10.7 Å². The van der Waals surface area contributed by atoms with Gasteiger partial charge in [0.1, 0.15) is 0 Å². The Morgan fingerprint density at radius 1 is 1.53 bits per heavy atom. The molecule has 0 aliphatic heterocycles. The maximum absolute atomic E-state index is 6.15. The molecule has 0 heterocycles. The number of hydrogen-bond donors (Lipinski definition) is 1. The van der Waals surface area contributed by atoms with E-state index in [1.807, 2.05) is 37.1 Å². The number of hydrogen-bond acceptors (Lipinski definition) is 1. The Balaban J connectivity index is 2.74. The fraction of sp³-hybridized carbons (Fsp3) is 0.462. The molecule has 94 valence electrons. The van der Waals surface area contributed by atoms with Crippen molar-refractivity contribution in [3.63, 3.8) is 0 Å². The smallest absolute Gasteiger partial charge is 0.173 e. The monoisotopic (exact) mass is 270 g/mol. The second-order valence-corrected chi connectivity index (χ2v) is 5.08. The van der Waals surface area contributed by atoms with Gasteiger partial charge in [0, 0.05) is 13.1 Å². The van der Waals surface area contributed by atoms with E-state index in [4.69, 9.17) is 23.8 Å². The maximum Gasteiger partial charge on any atom is 0.173 e. The van der Waals surface area contributed by atoms with E-state index in [1.165, 1.54) is 0 Å². The molecule has 0 radical (unpaired) electrons. The quantitative estimate of drug-likeness (QED) is 0.834. The van der Waals surface area contributed by atoms with Crippen LogP contribution in [0.3, 0.4) is 0 Å². The number of rotatable bonds is 3. The summed E-state index contributed by atoms with van der Waals surface area (Å²) in [4.78, 5) is 2.05. The molecule has 1 unspecified atom stereocenters. The van der Waals surface area contributed by atoms with Gasteiger partial charge in [0.15, 0.2) is 5.11 Å². The molecule has 0 aromatic heterocycles. The molecule has 1 atom stereocenters. The topological polar surface area (TPSA) is 15.3 Å². The lowest BCUT2D eigenvalue weighted by Crippen LogP contribution is -2.37. The van der Waals surface area contributed by atoms with Crippen molar-refractivity contribution < 1.29 is 0 Å². The fourth-order valence-corrected chi connectivity index (χ4v) is 1.97. The standard InChI is InChI=1S/C13H19ClN2S/c1-5-10(3)16(4)13(17)15-12-7-6-9(2)8-11(12)14/h6-8,10H,5H2,1-4H3,(H,15,17). The Kier molecular flexibility index (Phi) is 5.22. The average molecular weight is 271 g/mol. The summed E-state index contributed by atoms with van der Waals surface area (Å²) >= 11 is 11.5. The Bertz CT molecular complexity index is 406.